The monoisotopic (exact) mass is 424 g/mol. The largest absolute Gasteiger partial charge is 0.461 e. The molecule has 0 spiro atoms. The summed E-state index contributed by atoms with van der Waals surface area (Å²) in [5, 5.41) is 4.54. The molecule has 1 fully saturated rings. The highest BCUT2D eigenvalue weighted by molar-refractivity contribution is 7.89. The van der Waals surface area contributed by atoms with Gasteiger partial charge in [-0.2, -0.15) is 4.31 Å². The molecule has 0 aromatic carbocycles. The van der Waals surface area contributed by atoms with Gasteiger partial charge >= 0.3 is 5.97 Å². The molecule has 0 saturated carbocycles. The number of piperidine rings is 1. The second kappa shape index (κ2) is 8.76. The van der Waals surface area contributed by atoms with Crippen molar-refractivity contribution in [3.05, 3.63) is 35.6 Å². The molecule has 11 heteroatoms. The first kappa shape index (κ1) is 20.4. The smallest absolute Gasteiger partial charge is 0.357 e. The molecule has 3 rings (SSSR count). The molecule has 9 nitrogen and oxygen atoms in total. The molecule has 1 amide bonds. The summed E-state index contributed by atoms with van der Waals surface area (Å²) in [7, 11) is -3.60. The molecule has 0 atom stereocenters. The Hall–Kier alpha value is -2.37. The van der Waals surface area contributed by atoms with Crippen LogP contribution in [0.3, 0.4) is 0 Å². The Morgan fingerprint density at radius 3 is 2.75 bits per heavy atom. The number of ether oxygens (including phenoxy) is 1. The molecule has 1 aliphatic heterocycles. The second-order valence-corrected chi connectivity index (χ2v) is 8.91. The zero-order valence-corrected chi connectivity index (χ0v) is 16.8. The van der Waals surface area contributed by atoms with E-state index in [0.717, 1.165) is 11.3 Å². The van der Waals surface area contributed by atoms with Crippen LogP contribution in [0.4, 0.5) is 5.13 Å². The molecule has 2 aromatic heterocycles. The molecule has 1 aliphatic rings. The van der Waals surface area contributed by atoms with Gasteiger partial charge in [-0.25, -0.2) is 18.2 Å². The van der Waals surface area contributed by atoms with E-state index in [0.29, 0.717) is 18.0 Å². The first-order valence-corrected chi connectivity index (χ1v) is 11.1. The van der Waals surface area contributed by atoms with E-state index in [9.17, 15) is 18.0 Å². The number of carbonyl (C=O) groups excluding carboxylic acids is 2. The molecule has 28 heavy (non-hydrogen) atoms. The van der Waals surface area contributed by atoms with Crippen molar-refractivity contribution in [3.8, 4) is 0 Å². The Morgan fingerprint density at radius 2 is 2.11 bits per heavy atom. The van der Waals surface area contributed by atoms with Gasteiger partial charge in [-0.3, -0.25) is 9.78 Å². The first-order chi connectivity index (χ1) is 13.4. The minimum atomic E-state index is -3.60. The van der Waals surface area contributed by atoms with E-state index in [1.165, 1.54) is 28.1 Å². The molecule has 3 heterocycles. The van der Waals surface area contributed by atoms with Crippen LogP contribution in [-0.2, 0) is 19.6 Å². The lowest BCUT2D eigenvalue weighted by Gasteiger charge is -2.30. The van der Waals surface area contributed by atoms with Crippen molar-refractivity contribution in [2.45, 2.75) is 24.7 Å². The minimum absolute atomic E-state index is 0.146. The summed E-state index contributed by atoms with van der Waals surface area (Å²) in [5.74, 6) is -1.09. The van der Waals surface area contributed by atoms with E-state index in [1.54, 1.807) is 13.0 Å². The Balaban J connectivity index is 1.56. The van der Waals surface area contributed by atoms with Crippen molar-refractivity contribution in [2.75, 3.05) is 25.0 Å². The minimum Gasteiger partial charge on any atom is -0.461 e. The highest BCUT2D eigenvalue weighted by Gasteiger charge is 2.32. The van der Waals surface area contributed by atoms with Gasteiger partial charge in [-0.05, 0) is 31.9 Å². The van der Waals surface area contributed by atoms with E-state index < -0.39 is 16.0 Å². The van der Waals surface area contributed by atoms with Crippen LogP contribution in [0.15, 0.2) is 34.8 Å². The van der Waals surface area contributed by atoms with E-state index in [1.807, 2.05) is 0 Å². The summed E-state index contributed by atoms with van der Waals surface area (Å²) in [5.41, 5.74) is 0.152. The fourth-order valence-electron chi connectivity index (χ4n) is 2.84. The number of esters is 1. The predicted octanol–water partition coefficient (Wildman–Crippen LogP) is 1.75. The lowest BCUT2D eigenvalue weighted by molar-refractivity contribution is -0.120. The van der Waals surface area contributed by atoms with Crippen LogP contribution in [0.1, 0.15) is 30.3 Å². The predicted molar refractivity (Wildman–Crippen MR) is 102 cm³/mol. The van der Waals surface area contributed by atoms with Gasteiger partial charge in [0, 0.05) is 36.8 Å². The number of nitrogens with zero attached hydrogens (tertiary/aromatic N) is 3. The Kier molecular flexibility index (Phi) is 6.37. The van der Waals surface area contributed by atoms with Crippen molar-refractivity contribution >= 4 is 38.4 Å². The van der Waals surface area contributed by atoms with E-state index in [4.69, 9.17) is 4.74 Å². The maximum absolute atomic E-state index is 12.6. The van der Waals surface area contributed by atoms with Crippen molar-refractivity contribution < 1.29 is 22.7 Å². The third-order valence-corrected chi connectivity index (χ3v) is 6.96. The van der Waals surface area contributed by atoms with Crippen LogP contribution in [-0.4, -0.2) is 54.3 Å². The maximum atomic E-state index is 12.6. The van der Waals surface area contributed by atoms with Gasteiger partial charge in [0.05, 0.1) is 6.61 Å². The van der Waals surface area contributed by atoms with Crippen molar-refractivity contribution in [2.24, 2.45) is 5.92 Å². The molecule has 0 radical (unpaired) electrons. The molecule has 150 valence electrons. The van der Waals surface area contributed by atoms with Gasteiger partial charge in [0.15, 0.2) is 10.8 Å². The van der Waals surface area contributed by atoms with E-state index >= 15 is 0 Å². The van der Waals surface area contributed by atoms with Crippen LogP contribution < -0.4 is 5.32 Å². The zero-order chi connectivity index (χ0) is 20.1. The fourth-order valence-corrected chi connectivity index (χ4v) is 4.96. The number of sulfonamides is 1. The van der Waals surface area contributed by atoms with E-state index in [2.05, 4.69) is 15.3 Å². The van der Waals surface area contributed by atoms with Gasteiger partial charge in [-0.1, -0.05) is 0 Å². The maximum Gasteiger partial charge on any atom is 0.357 e. The average Bonchev–Trinajstić information content (AvgIpc) is 3.17. The Labute approximate surface area is 166 Å². The summed E-state index contributed by atoms with van der Waals surface area (Å²) in [6, 6.07) is 3.08. The average molecular weight is 425 g/mol. The molecule has 1 N–H and O–H groups in total. The molecule has 2 aromatic rings. The quantitative estimate of drug-likeness (QED) is 0.702. The zero-order valence-electron chi connectivity index (χ0n) is 15.2. The van der Waals surface area contributed by atoms with Crippen LogP contribution >= 0.6 is 11.3 Å². The summed E-state index contributed by atoms with van der Waals surface area (Å²) < 4.78 is 31.5. The standard InChI is InChI=1S/C17H20N4O5S2/c1-2-26-16(23)14-11-27-17(19-14)20-15(22)12-5-8-21(9-6-12)28(24,25)13-4-3-7-18-10-13/h3-4,7,10-12H,2,5-6,8-9H2,1H3,(H,19,20,22). The molecular formula is C17H20N4O5S2. The number of pyridine rings is 1. The van der Waals surface area contributed by atoms with Crippen LogP contribution in [0.25, 0.3) is 0 Å². The van der Waals surface area contributed by atoms with Gasteiger partial charge < -0.3 is 10.1 Å². The fraction of sp³-hybridized carbons (Fsp3) is 0.412. The number of hydrogen-bond donors (Lipinski definition) is 1. The lowest BCUT2D eigenvalue weighted by atomic mass is 9.97. The molecule has 1 saturated heterocycles. The van der Waals surface area contributed by atoms with Crippen molar-refractivity contribution in [1.29, 1.82) is 0 Å². The summed E-state index contributed by atoms with van der Waals surface area (Å²) in [4.78, 5) is 32.1. The molecule has 0 bridgehead atoms. The molecule has 0 aliphatic carbocycles. The Bertz CT molecular complexity index is 937. The number of carbonyl (C=O) groups is 2. The lowest BCUT2D eigenvalue weighted by Crippen LogP contribution is -2.41. The van der Waals surface area contributed by atoms with Crippen molar-refractivity contribution in [3.63, 3.8) is 0 Å². The van der Waals surface area contributed by atoms with Gasteiger partial charge in [0.1, 0.15) is 4.90 Å². The number of hydrogen-bond acceptors (Lipinski definition) is 8. The number of thiazole rings is 1. The first-order valence-electron chi connectivity index (χ1n) is 8.75. The topological polar surface area (TPSA) is 119 Å². The highest BCUT2D eigenvalue weighted by atomic mass is 32.2. The number of nitrogens with one attached hydrogen (secondary N) is 1. The molecular weight excluding hydrogens is 404 g/mol. The van der Waals surface area contributed by atoms with Crippen LogP contribution in [0, 0.1) is 5.92 Å². The highest BCUT2D eigenvalue weighted by Crippen LogP contribution is 2.25. The number of rotatable bonds is 6. The second-order valence-electron chi connectivity index (χ2n) is 6.11. The van der Waals surface area contributed by atoms with Crippen LogP contribution in [0.5, 0.6) is 0 Å². The SMILES string of the molecule is CCOC(=O)c1csc(NC(=O)C2CCN(S(=O)(=O)c3cccnc3)CC2)n1. The Morgan fingerprint density at radius 1 is 1.36 bits per heavy atom. The molecule has 0 unspecified atom stereocenters. The normalized spacial score (nSPS) is 15.9. The number of aromatic nitrogens is 2. The van der Waals surface area contributed by atoms with Crippen molar-refractivity contribution in [1.82, 2.24) is 14.3 Å². The summed E-state index contributed by atoms with van der Waals surface area (Å²) in [6.45, 7) is 2.45. The number of anilines is 1. The summed E-state index contributed by atoms with van der Waals surface area (Å²) >= 11 is 1.14. The third kappa shape index (κ3) is 4.54. The van der Waals surface area contributed by atoms with Gasteiger partial charge in [0.25, 0.3) is 0 Å². The van der Waals surface area contributed by atoms with Gasteiger partial charge in [0.2, 0.25) is 15.9 Å². The van der Waals surface area contributed by atoms with E-state index in [-0.39, 0.29) is 42.1 Å². The van der Waals surface area contributed by atoms with Gasteiger partial charge in [-0.15, -0.1) is 11.3 Å². The third-order valence-electron chi connectivity index (χ3n) is 4.32. The van der Waals surface area contributed by atoms with Crippen LogP contribution in [0.2, 0.25) is 0 Å². The number of amides is 1. The summed E-state index contributed by atoms with van der Waals surface area (Å²) in [6.07, 6.45) is 3.64.